The molecule has 18 heavy (non-hydrogen) atoms. The van der Waals surface area contributed by atoms with Crippen molar-refractivity contribution in [2.24, 2.45) is 11.5 Å². The van der Waals surface area contributed by atoms with Crippen LogP contribution < -0.4 is 11.5 Å². The third-order valence-corrected chi connectivity index (χ3v) is 3.06. The highest BCUT2D eigenvalue weighted by molar-refractivity contribution is 5.22. The summed E-state index contributed by atoms with van der Waals surface area (Å²) in [5, 5.41) is 0. The van der Waals surface area contributed by atoms with E-state index in [2.05, 4.69) is 35.7 Å². The van der Waals surface area contributed by atoms with E-state index in [1.165, 1.54) is 5.56 Å². The highest BCUT2D eigenvalue weighted by Gasteiger charge is 2.15. The third-order valence-electron chi connectivity index (χ3n) is 3.06. The molecule has 3 heteroatoms. The molecule has 4 N–H and O–H groups in total. The van der Waals surface area contributed by atoms with Crippen LogP contribution in [0.3, 0.4) is 0 Å². The maximum absolute atomic E-state index is 5.61. The second kappa shape index (κ2) is 8.86. The van der Waals surface area contributed by atoms with Crippen molar-refractivity contribution in [1.82, 2.24) is 4.90 Å². The van der Waals surface area contributed by atoms with Gasteiger partial charge in [0, 0.05) is 13.1 Å². The average molecular weight is 247 g/mol. The predicted molar refractivity (Wildman–Crippen MR) is 78.3 cm³/mol. The van der Waals surface area contributed by atoms with Crippen LogP contribution in [-0.4, -0.2) is 31.1 Å². The lowest BCUT2D eigenvalue weighted by molar-refractivity contribution is 0.228. The minimum Gasteiger partial charge on any atom is -0.330 e. The Labute approximate surface area is 110 Å². The molecule has 0 aliphatic rings. The first-order chi connectivity index (χ1) is 8.83. The van der Waals surface area contributed by atoms with Crippen molar-refractivity contribution in [1.29, 1.82) is 0 Å². The molecule has 0 radical (unpaired) electrons. The van der Waals surface area contributed by atoms with Crippen molar-refractivity contribution in [3.05, 3.63) is 48.6 Å². The zero-order valence-corrected chi connectivity index (χ0v) is 11.1. The van der Waals surface area contributed by atoms with E-state index >= 15 is 0 Å². The van der Waals surface area contributed by atoms with Crippen molar-refractivity contribution in [2.75, 3.05) is 26.2 Å². The largest absolute Gasteiger partial charge is 0.330 e. The Bertz CT molecular complexity index is 316. The molecule has 1 aromatic carbocycles. The highest BCUT2D eigenvalue weighted by atomic mass is 15.1. The van der Waals surface area contributed by atoms with Gasteiger partial charge in [0.15, 0.2) is 0 Å². The average Bonchev–Trinajstić information content (AvgIpc) is 2.43. The zero-order valence-electron chi connectivity index (χ0n) is 11.1. The number of nitrogens with zero attached hydrogens (tertiary/aromatic N) is 1. The Morgan fingerprint density at radius 1 is 1.06 bits per heavy atom. The Kier molecular flexibility index (Phi) is 7.34. The van der Waals surface area contributed by atoms with Gasteiger partial charge in [0.2, 0.25) is 0 Å². The summed E-state index contributed by atoms with van der Waals surface area (Å²) in [6, 6.07) is 10.7. The van der Waals surface area contributed by atoms with E-state index < -0.39 is 0 Å². The van der Waals surface area contributed by atoms with Crippen LogP contribution in [0.25, 0.3) is 0 Å². The van der Waals surface area contributed by atoms with Crippen LogP contribution in [0.2, 0.25) is 0 Å². The molecule has 0 bridgehead atoms. The van der Waals surface area contributed by atoms with E-state index in [0.717, 1.165) is 39.0 Å². The lowest BCUT2D eigenvalue weighted by Crippen LogP contribution is -2.32. The molecular formula is C15H25N3. The van der Waals surface area contributed by atoms with Crippen LogP contribution in [0, 0.1) is 0 Å². The first-order valence-electron chi connectivity index (χ1n) is 6.65. The summed E-state index contributed by atoms with van der Waals surface area (Å²) in [6.45, 7) is 7.39. The van der Waals surface area contributed by atoms with Gasteiger partial charge in [-0.3, -0.25) is 4.90 Å². The number of hydrogen-bond acceptors (Lipinski definition) is 3. The minimum atomic E-state index is 0.254. The maximum atomic E-state index is 5.61. The summed E-state index contributed by atoms with van der Waals surface area (Å²) < 4.78 is 0. The topological polar surface area (TPSA) is 55.3 Å². The summed E-state index contributed by atoms with van der Waals surface area (Å²) in [5.74, 6) is 0. The summed E-state index contributed by atoms with van der Waals surface area (Å²) >= 11 is 0. The van der Waals surface area contributed by atoms with Crippen LogP contribution in [-0.2, 0) is 0 Å². The second-order valence-electron chi connectivity index (χ2n) is 4.41. The summed E-state index contributed by atoms with van der Waals surface area (Å²) in [7, 11) is 0. The van der Waals surface area contributed by atoms with Gasteiger partial charge in [0.25, 0.3) is 0 Å². The number of nitrogens with two attached hydrogens (primary N) is 2. The van der Waals surface area contributed by atoms with Crippen molar-refractivity contribution in [3.8, 4) is 0 Å². The number of hydrogen-bond donors (Lipinski definition) is 2. The van der Waals surface area contributed by atoms with Gasteiger partial charge in [-0.05, 0) is 31.5 Å². The molecule has 1 unspecified atom stereocenters. The maximum Gasteiger partial charge on any atom is 0.0528 e. The van der Waals surface area contributed by atoms with Gasteiger partial charge in [-0.25, -0.2) is 0 Å². The van der Waals surface area contributed by atoms with Gasteiger partial charge in [-0.1, -0.05) is 36.4 Å². The van der Waals surface area contributed by atoms with E-state index in [1.54, 1.807) is 0 Å². The Morgan fingerprint density at radius 3 is 2.06 bits per heavy atom. The number of rotatable bonds is 9. The van der Waals surface area contributed by atoms with E-state index in [9.17, 15) is 0 Å². The van der Waals surface area contributed by atoms with Crippen LogP contribution in [0.5, 0.6) is 0 Å². The lowest BCUT2D eigenvalue weighted by Gasteiger charge is -2.29. The summed E-state index contributed by atoms with van der Waals surface area (Å²) in [5.41, 5.74) is 12.5. The van der Waals surface area contributed by atoms with Crippen LogP contribution in [0.15, 0.2) is 43.0 Å². The molecule has 0 fully saturated rings. The molecular weight excluding hydrogens is 222 g/mol. The van der Waals surface area contributed by atoms with Gasteiger partial charge >= 0.3 is 0 Å². The van der Waals surface area contributed by atoms with Gasteiger partial charge in [0.1, 0.15) is 0 Å². The van der Waals surface area contributed by atoms with Crippen LogP contribution in [0.1, 0.15) is 24.4 Å². The molecule has 3 nitrogen and oxygen atoms in total. The van der Waals surface area contributed by atoms with Gasteiger partial charge < -0.3 is 11.5 Å². The van der Waals surface area contributed by atoms with Crippen LogP contribution >= 0.6 is 0 Å². The smallest absolute Gasteiger partial charge is 0.0528 e. The predicted octanol–water partition coefficient (Wildman–Crippen LogP) is 1.91. The Morgan fingerprint density at radius 2 is 1.61 bits per heavy atom. The standard InChI is InChI=1S/C15H25N3/c1-2-15(14-8-4-3-5-9-14)18(12-6-10-16)13-7-11-17/h2-5,8-9,15H,1,6-7,10-13,16-17H2. The molecule has 0 spiro atoms. The first-order valence-corrected chi connectivity index (χ1v) is 6.65. The lowest BCUT2D eigenvalue weighted by atomic mass is 10.0. The molecule has 100 valence electrons. The van der Waals surface area contributed by atoms with Crippen molar-refractivity contribution >= 4 is 0 Å². The van der Waals surface area contributed by atoms with Crippen molar-refractivity contribution in [2.45, 2.75) is 18.9 Å². The molecule has 0 heterocycles. The molecule has 0 saturated heterocycles. The van der Waals surface area contributed by atoms with Crippen molar-refractivity contribution < 1.29 is 0 Å². The van der Waals surface area contributed by atoms with Gasteiger partial charge in [-0.2, -0.15) is 0 Å². The Balaban J connectivity index is 2.75. The molecule has 1 aromatic rings. The minimum absolute atomic E-state index is 0.254. The highest BCUT2D eigenvalue weighted by Crippen LogP contribution is 2.21. The van der Waals surface area contributed by atoms with Crippen molar-refractivity contribution in [3.63, 3.8) is 0 Å². The summed E-state index contributed by atoms with van der Waals surface area (Å²) in [6.07, 6.45) is 4.01. The van der Waals surface area contributed by atoms with Gasteiger partial charge in [-0.15, -0.1) is 6.58 Å². The molecule has 0 aromatic heterocycles. The van der Waals surface area contributed by atoms with Gasteiger partial charge in [0.05, 0.1) is 6.04 Å². The molecule has 0 saturated carbocycles. The van der Waals surface area contributed by atoms with E-state index in [1.807, 2.05) is 12.1 Å². The van der Waals surface area contributed by atoms with E-state index in [4.69, 9.17) is 11.5 Å². The summed E-state index contributed by atoms with van der Waals surface area (Å²) in [4.78, 5) is 2.40. The van der Waals surface area contributed by atoms with E-state index in [-0.39, 0.29) is 6.04 Å². The quantitative estimate of drug-likeness (QED) is 0.655. The molecule has 0 aliphatic carbocycles. The fourth-order valence-electron chi connectivity index (χ4n) is 2.12. The molecule has 0 aliphatic heterocycles. The third kappa shape index (κ3) is 4.61. The Hall–Kier alpha value is -1.16. The fourth-order valence-corrected chi connectivity index (χ4v) is 2.12. The second-order valence-corrected chi connectivity index (χ2v) is 4.41. The molecule has 1 atom stereocenters. The first kappa shape index (κ1) is 14.9. The normalized spacial score (nSPS) is 12.6. The van der Waals surface area contributed by atoms with E-state index in [0.29, 0.717) is 0 Å². The number of benzene rings is 1. The molecule has 1 rings (SSSR count). The zero-order chi connectivity index (χ0) is 13.2. The fraction of sp³-hybridized carbons (Fsp3) is 0.467. The monoisotopic (exact) mass is 247 g/mol. The van der Waals surface area contributed by atoms with Crippen LogP contribution in [0.4, 0.5) is 0 Å². The molecule has 0 amide bonds. The SMILES string of the molecule is C=CC(c1ccccc1)N(CCCN)CCCN.